The summed E-state index contributed by atoms with van der Waals surface area (Å²) < 4.78 is 0. The summed E-state index contributed by atoms with van der Waals surface area (Å²) in [6.07, 6.45) is 6.57. The molecule has 1 aromatic carbocycles. The third kappa shape index (κ3) is 4.30. The normalized spacial score (nSPS) is 17.0. The highest BCUT2D eigenvalue weighted by atomic mass is 16.3. The van der Waals surface area contributed by atoms with Crippen molar-refractivity contribution in [3.05, 3.63) is 35.4 Å². The Morgan fingerprint density at radius 3 is 2.58 bits per heavy atom. The van der Waals surface area contributed by atoms with E-state index in [-0.39, 0.29) is 6.61 Å². The molecule has 0 radical (unpaired) electrons. The molecule has 1 aliphatic carbocycles. The van der Waals surface area contributed by atoms with Crippen molar-refractivity contribution in [1.29, 1.82) is 0 Å². The molecule has 2 rings (SSSR count). The summed E-state index contributed by atoms with van der Waals surface area (Å²) in [5, 5.41) is 9.28. The highest BCUT2D eigenvalue weighted by Crippen LogP contribution is 2.24. The number of aliphatic hydroxyl groups is 1. The minimum Gasteiger partial charge on any atom is -0.395 e. The van der Waals surface area contributed by atoms with Crippen LogP contribution in [0.1, 0.15) is 43.2 Å². The van der Waals surface area contributed by atoms with Gasteiger partial charge in [-0.2, -0.15) is 0 Å². The van der Waals surface area contributed by atoms with E-state index in [1.165, 1.54) is 43.2 Å². The van der Waals surface area contributed by atoms with Crippen LogP contribution in [0.4, 0.5) is 0 Å². The van der Waals surface area contributed by atoms with E-state index in [0.717, 1.165) is 13.1 Å². The SMILES string of the molecule is NCc1cccc(CN(CCO)C2CCCCC2)c1. The van der Waals surface area contributed by atoms with Crippen LogP contribution in [0.15, 0.2) is 24.3 Å². The second kappa shape index (κ2) is 7.63. The van der Waals surface area contributed by atoms with Gasteiger partial charge in [0.25, 0.3) is 0 Å². The van der Waals surface area contributed by atoms with E-state index in [1.54, 1.807) is 0 Å². The summed E-state index contributed by atoms with van der Waals surface area (Å²) in [5.41, 5.74) is 8.19. The lowest BCUT2D eigenvalue weighted by atomic mass is 9.93. The molecule has 0 aliphatic heterocycles. The Hall–Kier alpha value is -0.900. The third-order valence-electron chi connectivity index (χ3n) is 4.09. The highest BCUT2D eigenvalue weighted by molar-refractivity contribution is 5.23. The maximum Gasteiger partial charge on any atom is 0.0558 e. The quantitative estimate of drug-likeness (QED) is 0.827. The first kappa shape index (κ1) is 14.5. The van der Waals surface area contributed by atoms with Crippen molar-refractivity contribution in [3.63, 3.8) is 0 Å². The molecule has 0 aromatic heterocycles. The second-order valence-electron chi connectivity index (χ2n) is 5.51. The van der Waals surface area contributed by atoms with Crippen LogP contribution in [0.25, 0.3) is 0 Å². The van der Waals surface area contributed by atoms with E-state index in [2.05, 4.69) is 29.2 Å². The smallest absolute Gasteiger partial charge is 0.0558 e. The summed E-state index contributed by atoms with van der Waals surface area (Å²) in [6.45, 7) is 2.54. The number of benzene rings is 1. The molecule has 1 aromatic rings. The number of aliphatic hydroxyl groups excluding tert-OH is 1. The fourth-order valence-corrected chi connectivity index (χ4v) is 3.05. The highest BCUT2D eigenvalue weighted by Gasteiger charge is 2.20. The first-order valence-corrected chi connectivity index (χ1v) is 7.46. The Morgan fingerprint density at radius 2 is 1.89 bits per heavy atom. The van der Waals surface area contributed by atoms with Gasteiger partial charge in [-0.05, 0) is 24.0 Å². The van der Waals surface area contributed by atoms with E-state index in [9.17, 15) is 5.11 Å². The average Bonchev–Trinajstić information content (AvgIpc) is 2.48. The van der Waals surface area contributed by atoms with Crippen molar-refractivity contribution in [3.8, 4) is 0 Å². The summed E-state index contributed by atoms with van der Waals surface area (Å²) >= 11 is 0. The van der Waals surface area contributed by atoms with Crippen LogP contribution in [0, 0.1) is 0 Å². The molecule has 19 heavy (non-hydrogen) atoms. The fraction of sp³-hybridized carbons (Fsp3) is 0.625. The Morgan fingerprint density at radius 1 is 1.16 bits per heavy atom. The number of hydrogen-bond donors (Lipinski definition) is 2. The molecule has 0 atom stereocenters. The largest absolute Gasteiger partial charge is 0.395 e. The van der Waals surface area contributed by atoms with Gasteiger partial charge in [0, 0.05) is 25.7 Å². The van der Waals surface area contributed by atoms with Crippen LogP contribution >= 0.6 is 0 Å². The minimum absolute atomic E-state index is 0.243. The predicted octanol–water partition coefficient (Wildman–Crippen LogP) is 2.27. The standard InChI is InChI=1S/C16H26N2O/c17-12-14-5-4-6-15(11-14)13-18(9-10-19)16-7-2-1-3-8-16/h4-6,11,16,19H,1-3,7-10,12-13,17H2. The van der Waals surface area contributed by atoms with Crippen molar-refractivity contribution >= 4 is 0 Å². The molecule has 1 aliphatic rings. The van der Waals surface area contributed by atoms with E-state index >= 15 is 0 Å². The van der Waals surface area contributed by atoms with Crippen molar-refractivity contribution in [2.45, 2.75) is 51.2 Å². The van der Waals surface area contributed by atoms with Crippen LogP contribution in [-0.4, -0.2) is 29.2 Å². The molecular formula is C16H26N2O. The molecule has 0 saturated heterocycles. The van der Waals surface area contributed by atoms with Gasteiger partial charge in [0.2, 0.25) is 0 Å². The van der Waals surface area contributed by atoms with Gasteiger partial charge in [0.05, 0.1) is 6.61 Å². The molecule has 0 bridgehead atoms. The molecule has 3 nitrogen and oxygen atoms in total. The van der Waals surface area contributed by atoms with Gasteiger partial charge in [-0.15, -0.1) is 0 Å². The van der Waals surface area contributed by atoms with Gasteiger partial charge in [-0.25, -0.2) is 0 Å². The molecule has 0 amide bonds. The molecule has 0 spiro atoms. The van der Waals surface area contributed by atoms with Crippen molar-refractivity contribution in [1.82, 2.24) is 4.90 Å². The number of nitrogens with zero attached hydrogens (tertiary/aromatic N) is 1. The number of hydrogen-bond acceptors (Lipinski definition) is 3. The van der Waals surface area contributed by atoms with Crippen LogP contribution in [-0.2, 0) is 13.1 Å². The van der Waals surface area contributed by atoms with Gasteiger partial charge in [-0.1, -0.05) is 43.5 Å². The predicted molar refractivity (Wildman–Crippen MR) is 78.7 cm³/mol. The average molecular weight is 262 g/mol. The zero-order valence-electron chi connectivity index (χ0n) is 11.7. The fourth-order valence-electron chi connectivity index (χ4n) is 3.05. The lowest BCUT2D eigenvalue weighted by Gasteiger charge is -2.34. The Bertz CT molecular complexity index is 375. The van der Waals surface area contributed by atoms with Crippen molar-refractivity contribution in [2.24, 2.45) is 5.73 Å². The summed E-state index contributed by atoms with van der Waals surface area (Å²) in [7, 11) is 0. The molecule has 3 N–H and O–H groups in total. The number of nitrogens with two attached hydrogens (primary N) is 1. The summed E-state index contributed by atoms with van der Waals surface area (Å²) in [4.78, 5) is 2.44. The molecular weight excluding hydrogens is 236 g/mol. The second-order valence-corrected chi connectivity index (χ2v) is 5.51. The van der Waals surface area contributed by atoms with Gasteiger partial charge in [-0.3, -0.25) is 4.90 Å². The molecule has 1 saturated carbocycles. The van der Waals surface area contributed by atoms with E-state index in [1.807, 2.05) is 0 Å². The number of rotatable bonds is 6. The zero-order valence-corrected chi connectivity index (χ0v) is 11.7. The van der Waals surface area contributed by atoms with Gasteiger partial charge >= 0.3 is 0 Å². The van der Waals surface area contributed by atoms with E-state index < -0.39 is 0 Å². The maximum atomic E-state index is 9.28. The van der Waals surface area contributed by atoms with Gasteiger partial charge < -0.3 is 10.8 Å². The monoisotopic (exact) mass is 262 g/mol. The molecule has 3 heteroatoms. The van der Waals surface area contributed by atoms with Crippen molar-refractivity contribution < 1.29 is 5.11 Å². The summed E-state index contributed by atoms with van der Waals surface area (Å²) in [5.74, 6) is 0. The van der Waals surface area contributed by atoms with Crippen LogP contribution in [0.3, 0.4) is 0 Å². The summed E-state index contributed by atoms with van der Waals surface area (Å²) in [6, 6.07) is 9.14. The molecule has 1 fully saturated rings. The topological polar surface area (TPSA) is 49.5 Å². The maximum absolute atomic E-state index is 9.28. The van der Waals surface area contributed by atoms with Crippen LogP contribution in [0.5, 0.6) is 0 Å². The zero-order chi connectivity index (χ0) is 13.5. The molecule has 0 unspecified atom stereocenters. The Kier molecular flexibility index (Phi) is 5.83. The van der Waals surface area contributed by atoms with Gasteiger partial charge in [0.1, 0.15) is 0 Å². The lowest BCUT2D eigenvalue weighted by Crippen LogP contribution is -2.38. The molecule has 0 heterocycles. The lowest BCUT2D eigenvalue weighted by molar-refractivity contribution is 0.117. The molecule has 106 valence electrons. The Labute approximate surface area is 116 Å². The third-order valence-corrected chi connectivity index (χ3v) is 4.09. The Balaban J connectivity index is 2.01. The van der Waals surface area contributed by atoms with Gasteiger partial charge in [0.15, 0.2) is 0 Å². The van der Waals surface area contributed by atoms with Crippen molar-refractivity contribution in [2.75, 3.05) is 13.2 Å². The van der Waals surface area contributed by atoms with E-state index in [4.69, 9.17) is 5.73 Å². The first-order valence-electron chi connectivity index (χ1n) is 7.46. The van der Waals surface area contributed by atoms with Crippen LogP contribution in [0.2, 0.25) is 0 Å². The van der Waals surface area contributed by atoms with E-state index in [0.29, 0.717) is 12.6 Å². The van der Waals surface area contributed by atoms with Crippen LogP contribution < -0.4 is 5.73 Å². The minimum atomic E-state index is 0.243. The first-order chi connectivity index (χ1) is 9.33.